The third-order valence-corrected chi connectivity index (χ3v) is 15.1. The van der Waals surface area contributed by atoms with E-state index in [9.17, 15) is 0 Å². The molecule has 5 atom stereocenters. The van der Waals surface area contributed by atoms with Crippen LogP contribution in [0, 0.1) is 10.8 Å². The van der Waals surface area contributed by atoms with E-state index in [0.29, 0.717) is 25.5 Å². The highest BCUT2D eigenvalue weighted by Crippen LogP contribution is 2.53. The Kier molecular flexibility index (Phi) is 8.36. The lowest BCUT2D eigenvalue weighted by Crippen LogP contribution is -2.63. The third kappa shape index (κ3) is 5.83. The van der Waals surface area contributed by atoms with Gasteiger partial charge in [-0.05, 0) is 89.9 Å². The van der Waals surface area contributed by atoms with Gasteiger partial charge in [-0.2, -0.15) is 0 Å². The average molecular weight is 697 g/mol. The molecule has 5 unspecified atom stereocenters. The van der Waals surface area contributed by atoms with Gasteiger partial charge in [-0.25, -0.2) is 0 Å². The standard InChI is InChI=1S/C43H60N4O4/c1-39-18-8-9-19-42(39,4)50-31-47(26-39)37-17-21-43(5)40(2,23-37)27-46(30-51-43)35-14-12-34(13-15-35)45-25-33-22-36(16-20-41(33,3)49-29-45)44-24-32-10-6-7-11-38(32)48-28-44/h6-11,16-17,22,34-35H,12-15,18-21,23-31H2,1-5H3. The summed E-state index contributed by atoms with van der Waals surface area (Å²) in [5.74, 6) is 1.01. The highest BCUT2D eigenvalue weighted by atomic mass is 16.5. The first kappa shape index (κ1) is 34.2. The van der Waals surface area contributed by atoms with Crippen molar-refractivity contribution >= 4 is 0 Å². The SMILES string of the molecule is CC12CC=C(N3COc4ccccc4C3)C=C1CN(C1CCC(N3COC4(C)CC=C(N5COC6(C)CC=CCC6(C)C5)CC4(C)C3)CC1)CO2. The molecule has 4 aliphatic heterocycles. The van der Waals surface area contributed by atoms with E-state index >= 15 is 0 Å². The second kappa shape index (κ2) is 12.5. The fourth-order valence-corrected chi connectivity index (χ4v) is 10.6. The number of fused-ring (bicyclic) bond motifs is 4. The molecular formula is C43H60N4O4. The fraction of sp³-hybridized carbons (Fsp3) is 0.674. The molecule has 51 heavy (non-hydrogen) atoms. The van der Waals surface area contributed by atoms with Crippen LogP contribution in [0.15, 0.2) is 71.6 Å². The van der Waals surface area contributed by atoms with Gasteiger partial charge in [-0.15, -0.1) is 0 Å². The van der Waals surface area contributed by atoms with Gasteiger partial charge >= 0.3 is 0 Å². The molecule has 4 fully saturated rings. The van der Waals surface area contributed by atoms with E-state index in [1.54, 1.807) is 0 Å². The van der Waals surface area contributed by atoms with Gasteiger partial charge in [0.15, 0.2) is 6.73 Å². The Bertz CT molecular complexity index is 1650. The largest absolute Gasteiger partial charge is 0.473 e. The van der Waals surface area contributed by atoms with E-state index in [0.717, 1.165) is 77.5 Å². The normalized spacial score (nSPS) is 41.6. The first-order valence-electron chi connectivity index (χ1n) is 19.8. The van der Waals surface area contributed by atoms with E-state index in [1.165, 1.54) is 48.2 Å². The summed E-state index contributed by atoms with van der Waals surface area (Å²) >= 11 is 0. The molecule has 1 aromatic carbocycles. The van der Waals surface area contributed by atoms with Crippen LogP contribution >= 0.6 is 0 Å². The van der Waals surface area contributed by atoms with Gasteiger partial charge in [0, 0.05) is 72.5 Å². The molecule has 4 aliphatic carbocycles. The maximum Gasteiger partial charge on any atom is 0.161 e. The summed E-state index contributed by atoms with van der Waals surface area (Å²) < 4.78 is 26.3. The van der Waals surface area contributed by atoms with Crippen molar-refractivity contribution in [2.24, 2.45) is 10.8 Å². The Balaban J connectivity index is 0.818. The van der Waals surface area contributed by atoms with Crippen LogP contribution in [0.25, 0.3) is 0 Å². The van der Waals surface area contributed by atoms with E-state index in [1.807, 2.05) is 0 Å². The number of nitrogens with zero attached hydrogens (tertiary/aromatic N) is 4. The van der Waals surface area contributed by atoms with Gasteiger partial charge in [-0.3, -0.25) is 9.80 Å². The lowest BCUT2D eigenvalue weighted by Gasteiger charge is -2.59. The van der Waals surface area contributed by atoms with Crippen LogP contribution < -0.4 is 4.74 Å². The van der Waals surface area contributed by atoms with Gasteiger partial charge < -0.3 is 28.7 Å². The van der Waals surface area contributed by atoms with Crippen molar-refractivity contribution in [1.29, 1.82) is 0 Å². The number of ether oxygens (including phenoxy) is 4. The summed E-state index contributed by atoms with van der Waals surface area (Å²) in [6, 6.07) is 9.54. The lowest BCUT2D eigenvalue weighted by atomic mass is 9.64. The molecule has 276 valence electrons. The predicted molar refractivity (Wildman–Crippen MR) is 199 cm³/mol. The van der Waals surface area contributed by atoms with Crippen molar-refractivity contribution in [2.45, 2.75) is 128 Å². The topological polar surface area (TPSA) is 49.9 Å². The van der Waals surface area contributed by atoms with Crippen molar-refractivity contribution in [1.82, 2.24) is 19.6 Å². The predicted octanol–water partition coefficient (Wildman–Crippen LogP) is 7.55. The van der Waals surface area contributed by atoms with Crippen LogP contribution in [-0.2, 0) is 20.8 Å². The minimum atomic E-state index is -0.211. The lowest BCUT2D eigenvalue weighted by molar-refractivity contribution is -0.225. The second-order valence-corrected chi connectivity index (χ2v) is 18.3. The fourth-order valence-electron chi connectivity index (χ4n) is 10.6. The van der Waals surface area contributed by atoms with Crippen LogP contribution in [0.3, 0.4) is 0 Å². The molecule has 0 spiro atoms. The number of hydrogen-bond acceptors (Lipinski definition) is 8. The van der Waals surface area contributed by atoms with Gasteiger partial charge in [0.05, 0.1) is 16.8 Å². The van der Waals surface area contributed by atoms with Crippen molar-refractivity contribution in [3.8, 4) is 5.75 Å². The van der Waals surface area contributed by atoms with E-state index in [4.69, 9.17) is 18.9 Å². The molecule has 0 radical (unpaired) electrons. The summed E-state index contributed by atoms with van der Waals surface area (Å²) in [5, 5.41) is 0. The molecule has 9 rings (SSSR count). The van der Waals surface area contributed by atoms with Crippen LogP contribution in [0.4, 0.5) is 0 Å². The molecule has 0 bridgehead atoms. The van der Waals surface area contributed by atoms with Crippen molar-refractivity contribution in [3.05, 3.63) is 77.2 Å². The molecule has 8 aliphatic rings. The summed E-state index contributed by atoms with van der Waals surface area (Å²) in [4.78, 5) is 10.2. The van der Waals surface area contributed by atoms with E-state index < -0.39 is 0 Å². The number of rotatable bonds is 4. The van der Waals surface area contributed by atoms with Crippen molar-refractivity contribution in [3.63, 3.8) is 0 Å². The molecule has 0 amide bonds. The zero-order valence-corrected chi connectivity index (χ0v) is 31.8. The Morgan fingerprint density at radius 3 is 2.22 bits per heavy atom. The molecule has 8 nitrogen and oxygen atoms in total. The molecule has 3 saturated heterocycles. The monoisotopic (exact) mass is 696 g/mol. The van der Waals surface area contributed by atoms with Gasteiger partial charge in [-0.1, -0.05) is 56.4 Å². The van der Waals surface area contributed by atoms with Gasteiger partial charge in [0.1, 0.15) is 25.9 Å². The Labute approximate surface area is 306 Å². The van der Waals surface area contributed by atoms with Crippen molar-refractivity contribution in [2.75, 3.05) is 46.6 Å². The highest BCUT2D eigenvalue weighted by Gasteiger charge is 2.55. The van der Waals surface area contributed by atoms with Crippen molar-refractivity contribution < 1.29 is 18.9 Å². The third-order valence-electron chi connectivity index (χ3n) is 15.1. The highest BCUT2D eigenvalue weighted by molar-refractivity contribution is 5.39. The van der Waals surface area contributed by atoms with Gasteiger partial charge in [0.25, 0.3) is 0 Å². The molecule has 1 saturated carbocycles. The summed E-state index contributed by atoms with van der Waals surface area (Å²) in [5.41, 5.74) is 5.18. The molecule has 4 heterocycles. The zero-order chi connectivity index (χ0) is 35.1. The molecule has 8 heteroatoms. The van der Waals surface area contributed by atoms with E-state index in [2.05, 4.69) is 109 Å². The van der Waals surface area contributed by atoms with Crippen LogP contribution in [-0.4, -0.2) is 95.0 Å². The number of hydrogen-bond donors (Lipinski definition) is 0. The second-order valence-electron chi connectivity index (χ2n) is 18.3. The Morgan fingerprint density at radius 2 is 1.37 bits per heavy atom. The summed E-state index contributed by atoms with van der Waals surface area (Å²) in [6.45, 7) is 18.7. The average Bonchev–Trinajstić information content (AvgIpc) is 3.14. The Hall–Kier alpha value is -2.62. The number of benzene rings is 1. The van der Waals surface area contributed by atoms with E-state index in [-0.39, 0.29) is 27.6 Å². The molecule has 0 N–H and O–H groups in total. The zero-order valence-electron chi connectivity index (χ0n) is 31.8. The quantitative estimate of drug-likeness (QED) is 0.300. The summed E-state index contributed by atoms with van der Waals surface area (Å²) in [6.07, 6.45) is 21.8. The minimum absolute atomic E-state index is 0.0611. The Morgan fingerprint density at radius 1 is 0.647 bits per heavy atom. The number of para-hydroxylation sites is 1. The first-order chi connectivity index (χ1) is 24.5. The first-order valence-corrected chi connectivity index (χ1v) is 19.8. The smallest absolute Gasteiger partial charge is 0.161 e. The summed E-state index contributed by atoms with van der Waals surface area (Å²) in [7, 11) is 0. The van der Waals surface area contributed by atoms with Gasteiger partial charge in [0.2, 0.25) is 0 Å². The van der Waals surface area contributed by atoms with Crippen LogP contribution in [0.2, 0.25) is 0 Å². The maximum absolute atomic E-state index is 6.85. The van der Waals surface area contributed by atoms with Crippen LogP contribution in [0.1, 0.15) is 98.0 Å². The maximum atomic E-state index is 6.85. The molecule has 0 aromatic heterocycles. The molecule has 1 aromatic rings. The minimum Gasteiger partial charge on any atom is -0.473 e. The van der Waals surface area contributed by atoms with Crippen LogP contribution in [0.5, 0.6) is 5.75 Å². The number of allylic oxidation sites excluding steroid dienone is 3. The molecular weight excluding hydrogens is 636 g/mol.